The van der Waals surface area contributed by atoms with Gasteiger partial charge in [0.05, 0.1) is 31.0 Å². The summed E-state index contributed by atoms with van der Waals surface area (Å²) < 4.78 is 5.36. The molecule has 0 saturated heterocycles. The Labute approximate surface area is 159 Å². The van der Waals surface area contributed by atoms with E-state index in [1.807, 2.05) is 29.6 Å². The molecular formula is C18H16N4O2S2. The Kier molecular flexibility index (Phi) is 6.04. The van der Waals surface area contributed by atoms with E-state index < -0.39 is 0 Å². The van der Waals surface area contributed by atoms with Crippen LogP contribution in [0.5, 0.6) is 5.75 Å². The van der Waals surface area contributed by atoms with E-state index in [0.29, 0.717) is 18.0 Å². The summed E-state index contributed by atoms with van der Waals surface area (Å²) in [4.78, 5) is 23.9. The summed E-state index contributed by atoms with van der Waals surface area (Å²) in [5.41, 5.74) is 0.666. The molecule has 0 N–H and O–H groups in total. The van der Waals surface area contributed by atoms with Gasteiger partial charge in [-0.2, -0.15) is 5.26 Å². The van der Waals surface area contributed by atoms with Crippen molar-refractivity contribution in [3.05, 3.63) is 42.0 Å². The quantitative estimate of drug-likeness (QED) is 0.456. The van der Waals surface area contributed by atoms with Gasteiger partial charge >= 0.3 is 0 Å². The zero-order valence-corrected chi connectivity index (χ0v) is 15.7. The molecule has 132 valence electrons. The second kappa shape index (κ2) is 8.65. The van der Waals surface area contributed by atoms with Crippen molar-refractivity contribution in [1.82, 2.24) is 9.97 Å². The average molecular weight is 384 g/mol. The van der Waals surface area contributed by atoms with Crippen molar-refractivity contribution >= 4 is 44.9 Å². The van der Waals surface area contributed by atoms with Crippen molar-refractivity contribution in [2.45, 2.75) is 11.4 Å². The number of aromatic nitrogens is 2. The first-order valence-corrected chi connectivity index (χ1v) is 9.72. The number of ether oxygens (including phenoxy) is 1. The monoisotopic (exact) mass is 384 g/mol. The molecule has 3 aromatic rings. The Morgan fingerprint density at radius 2 is 2.19 bits per heavy atom. The van der Waals surface area contributed by atoms with Crippen LogP contribution in [0.1, 0.15) is 6.42 Å². The Bertz CT molecular complexity index is 952. The summed E-state index contributed by atoms with van der Waals surface area (Å²) in [6, 6.07) is 11.4. The van der Waals surface area contributed by atoms with Gasteiger partial charge in [-0.1, -0.05) is 23.9 Å². The fourth-order valence-corrected chi connectivity index (χ4v) is 4.14. The van der Waals surface area contributed by atoms with Crippen LogP contribution < -0.4 is 9.64 Å². The maximum Gasteiger partial charge on any atom is 0.237 e. The van der Waals surface area contributed by atoms with E-state index in [9.17, 15) is 4.79 Å². The molecule has 0 fully saturated rings. The van der Waals surface area contributed by atoms with E-state index >= 15 is 0 Å². The smallest absolute Gasteiger partial charge is 0.237 e. The van der Waals surface area contributed by atoms with E-state index in [-0.39, 0.29) is 18.1 Å². The SMILES string of the molecule is COc1ccccc1N(CCC#N)C(=O)CSc1ncnc2sccc12. The van der Waals surface area contributed by atoms with Crippen LogP contribution >= 0.6 is 23.1 Å². The van der Waals surface area contributed by atoms with Gasteiger partial charge < -0.3 is 9.64 Å². The Morgan fingerprint density at radius 3 is 3.00 bits per heavy atom. The summed E-state index contributed by atoms with van der Waals surface area (Å²) in [5.74, 6) is 0.716. The van der Waals surface area contributed by atoms with Crippen LogP contribution in [0, 0.1) is 11.3 Å². The highest BCUT2D eigenvalue weighted by Crippen LogP contribution is 2.31. The summed E-state index contributed by atoms with van der Waals surface area (Å²) in [6.07, 6.45) is 1.76. The molecular weight excluding hydrogens is 368 g/mol. The van der Waals surface area contributed by atoms with Crippen molar-refractivity contribution < 1.29 is 9.53 Å². The van der Waals surface area contributed by atoms with Crippen LogP contribution in [0.2, 0.25) is 0 Å². The Hall–Kier alpha value is -2.63. The molecule has 0 radical (unpaired) electrons. The fraction of sp³-hybridized carbons (Fsp3) is 0.222. The normalized spacial score (nSPS) is 10.5. The number of para-hydroxylation sites is 2. The van der Waals surface area contributed by atoms with Crippen molar-refractivity contribution in [3.63, 3.8) is 0 Å². The zero-order valence-electron chi connectivity index (χ0n) is 14.1. The van der Waals surface area contributed by atoms with Gasteiger partial charge in [-0.05, 0) is 23.6 Å². The number of anilines is 1. The van der Waals surface area contributed by atoms with Crippen molar-refractivity contribution in [2.24, 2.45) is 0 Å². The second-order valence-electron chi connectivity index (χ2n) is 5.23. The number of amides is 1. The lowest BCUT2D eigenvalue weighted by Gasteiger charge is -2.23. The van der Waals surface area contributed by atoms with E-state index in [2.05, 4.69) is 16.0 Å². The molecule has 0 aliphatic rings. The maximum atomic E-state index is 12.9. The third-order valence-corrected chi connectivity index (χ3v) is 5.49. The number of nitriles is 1. The van der Waals surface area contributed by atoms with Crippen molar-refractivity contribution in [3.8, 4) is 11.8 Å². The Morgan fingerprint density at radius 1 is 1.35 bits per heavy atom. The van der Waals surface area contributed by atoms with Gasteiger partial charge in [0.25, 0.3) is 0 Å². The number of nitrogens with zero attached hydrogens (tertiary/aromatic N) is 4. The molecule has 0 unspecified atom stereocenters. The third kappa shape index (κ3) is 3.95. The van der Waals surface area contributed by atoms with Gasteiger partial charge in [0, 0.05) is 11.9 Å². The molecule has 2 aromatic heterocycles. The maximum absolute atomic E-state index is 12.9. The molecule has 1 amide bonds. The fourth-order valence-electron chi connectivity index (χ4n) is 2.48. The van der Waals surface area contributed by atoms with Gasteiger partial charge in [-0.15, -0.1) is 11.3 Å². The van der Waals surface area contributed by atoms with Crippen molar-refractivity contribution in [2.75, 3.05) is 24.3 Å². The second-order valence-corrected chi connectivity index (χ2v) is 7.09. The lowest BCUT2D eigenvalue weighted by Crippen LogP contribution is -2.33. The van der Waals surface area contributed by atoms with Crippen LogP contribution in [0.4, 0.5) is 5.69 Å². The predicted molar refractivity (Wildman–Crippen MR) is 104 cm³/mol. The van der Waals surface area contributed by atoms with Crippen LogP contribution in [0.15, 0.2) is 47.1 Å². The lowest BCUT2D eigenvalue weighted by atomic mass is 10.2. The van der Waals surface area contributed by atoms with Crippen LogP contribution in [-0.4, -0.2) is 35.3 Å². The first-order chi connectivity index (χ1) is 12.7. The summed E-state index contributed by atoms with van der Waals surface area (Å²) in [7, 11) is 1.56. The zero-order chi connectivity index (χ0) is 18.4. The topological polar surface area (TPSA) is 79.1 Å². The standard InChI is InChI=1S/C18H16N4O2S2/c1-24-15-6-3-2-5-14(15)22(9-4-8-19)16(23)11-26-18-13-7-10-25-17(13)20-12-21-18/h2-3,5-7,10,12H,4,9,11H2,1H3. The largest absolute Gasteiger partial charge is 0.495 e. The minimum Gasteiger partial charge on any atom is -0.495 e. The first kappa shape index (κ1) is 18.2. The molecule has 2 heterocycles. The van der Waals surface area contributed by atoms with E-state index in [1.54, 1.807) is 29.4 Å². The average Bonchev–Trinajstić information content (AvgIpc) is 3.16. The molecule has 0 spiro atoms. The molecule has 0 aliphatic carbocycles. The third-order valence-electron chi connectivity index (χ3n) is 3.68. The number of methoxy groups -OCH3 is 1. The lowest BCUT2D eigenvalue weighted by molar-refractivity contribution is -0.116. The van der Waals surface area contributed by atoms with E-state index in [1.165, 1.54) is 18.1 Å². The number of carbonyl (C=O) groups is 1. The first-order valence-electron chi connectivity index (χ1n) is 7.86. The molecule has 26 heavy (non-hydrogen) atoms. The van der Waals surface area contributed by atoms with Gasteiger partial charge in [0.1, 0.15) is 21.9 Å². The number of thioether (sulfide) groups is 1. The minimum atomic E-state index is -0.100. The van der Waals surface area contributed by atoms with Crippen LogP contribution in [0.3, 0.4) is 0 Å². The molecule has 8 heteroatoms. The molecule has 0 aliphatic heterocycles. The summed E-state index contributed by atoms with van der Waals surface area (Å²) >= 11 is 2.92. The molecule has 0 bridgehead atoms. The molecule has 1 aromatic carbocycles. The summed E-state index contributed by atoms with van der Waals surface area (Å²) in [6.45, 7) is 0.313. The minimum absolute atomic E-state index is 0.100. The van der Waals surface area contributed by atoms with Gasteiger partial charge in [0.2, 0.25) is 5.91 Å². The summed E-state index contributed by atoms with van der Waals surface area (Å²) in [5, 5.41) is 12.6. The number of hydrogen-bond acceptors (Lipinski definition) is 7. The number of carbonyl (C=O) groups excluding carboxylic acids is 1. The van der Waals surface area contributed by atoms with Crippen LogP contribution in [-0.2, 0) is 4.79 Å². The highest BCUT2D eigenvalue weighted by Gasteiger charge is 2.20. The predicted octanol–water partition coefficient (Wildman–Crippen LogP) is 3.74. The molecule has 3 rings (SSSR count). The highest BCUT2D eigenvalue weighted by molar-refractivity contribution is 8.00. The van der Waals surface area contributed by atoms with E-state index in [0.717, 1.165) is 15.2 Å². The Balaban J connectivity index is 1.79. The number of benzene rings is 1. The van der Waals surface area contributed by atoms with Crippen molar-refractivity contribution in [1.29, 1.82) is 5.26 Å². The number of rotatable bonds is 7. The number of fused-ring (bicyclic) bond motifs is 1. The molecule has 6 nitrogen and oxygen atoms in total. The van der Waals surface area contributed by atoms with Gasteiger partial charge in [-0.25, -0.2) is 9.97 Å². The van der Waals surface area contributed by atoms with Gasteiger partial charge in [-0.3, -0.25) is 4.79 Å². The highest BCUT2D eigenvalue weighted by atomic mass is 32.2. The van der Waals surface area contributed by atoms with Crippen LogP contribution in [0.25, 0.3) is 10.2 Å². The number of hydrogen-bond donors (Lipinski definition) is 0. The number of thiophene rings is 1. The van der Waals surface area contributed by atoms with E-state index in [4.69, 9.17) is 10.00 Å². The molecule has 0 atom stereocenters. The van der Waals surface area contributed by atoms with Gasteiger partial charge in [0.15, 0.2) is 0 Å². The molecule has 0 saturated carbocycles.